The van der Waals surface area contributed by atoms with E-state index in [9.17, 15) is 19.1 Å². The monoisotopic (exact) mass is 304 g/mol. The molecule has 0 aromatic heterocycles. The number of carboxylic acid groups (broad SMARTS) is 1. The largest absolute Gasteiger partial charge is 0.550 e. The smallest absolute Gasteiger partial charge is 0.224 e. The van der Waals surface area contributed by atoms with E-state index < -0.39 is 17.8 Å². The Balaban J connectivity index is 1.67. The maximum absolute atomic E-state index is 12.9. The summed E-state index contributed by atoms with van der Waals surface area (Å²) in [5.74, 6) is -2.59. The number of benzene rings is 1. The van der Waals surface area contributed by atoms with E-state index in [0.29, 0.717) is 0 Å². The van der Waals surface area contributed by atoms with Crippen molar-refractivity contribution in [2.75, 3.05) is 0 Å². The van der Waals surface area contributed by atoms with E-state index in [1.807, 2.05) is 0 Å². The van der Waals surface area contributed by atoms with Crippen LogP contribution in [0.15, 0.2) is 24.3 Å². The lowest BCUT2D eigenvalue weighted by Gasteiger charge is -2.48. The van der Waals surface area contributed by atoms with Crippen LogP contribution in [0.2, 0.25) is 0 Å². The van der Waals surface area contributed by atoms with Gasteiger partial charge in [0.25, 0.3) is 0 Å². The van der Waals surface area contributed by atoms with Gasteiger partial charge >= 0.3 is 0 Å². The van der Waals surface area contributed by atoms with Gasteiger partial charge in [0.05, 0.1) is 0 Å². The molecule has 1 N–H and O–H groups in total. The molecule has 0 aliphatic heterocycles. The highest BCUT2D eigenvalue weighted by molar-refractivity contribution is 5.85. The molecule has 0 radical (unpaired) electrons. The van der Waals surface area contributed by atoms with Crippen LogP contribution in [0.4, 0.5) is 4.39 Å². The summed E-state index contributed by atoms with van der Waals surface area (Å²) >= 11 is 0. The second-order valence-electron chi connectivity index (χ2n) is 6.39. The van der Waals surface area contributed by atoms with Gasteiger partial charge in [-0.2, -0.15) is 0 Å². The molecular weight excluding hydrogens is 285 g/mol. The minimum atomic E-state index is -1.10. The Morgan fingerprint density at radius 1 is 1.05 bits per heavy atom. The first-order valence-electron chi connectivity index (χ1n) is 7.79. The van der Waals surface area contributed by atoms with E-state index in [0.717, 1.165) is 31.2 Å². The van der Waals surface area contributed by atoms with Crippen LogP contribution < -0.4 is 10.4 Å². The predicted molar refractivity (Wildman–Crippen MR) is 75.7 cm³/mol. The fourth-order valence-electron chi connectivity index (χ4n) is 4.08. The van der Waals surface area contributed by atoms with E-state index in [4.69, 9.17) is 0 Å². The molecule has 1 aromatic carbocycles. The number of carbonyl (C=O) groups is 2. The highest BCUT2D eigenvalue weighted by Gasteiger charge is 2.47. The average molecular weight is 304 g/mol. The summed E-state index contributed by atoms with van der Waals surface area (Å²) in [6, 6.07) is 5.90. The van der Waals surface area contributed by atoms with E-state index in [2.05, 4.69) is 5.32 Å². The van der Waals surface area contributed by atoms with Gasteiger partial charge < -0.3 is 15.2 Å². The lowest BCUT2D eigenvalue weighted by atomic mass is 9.58. The van der Waals surface area contributed by atoms with Crippen molar-refractivity contribution in [1.29, 1.82) is 0 Å². The number of aliphatic carboxylic acids is 1. The summed E-state index contributed by atoms with van der Waals surface area (Å²) in [5, 5.41) is 14.2. The zero-order chi connectivity index (χ0) is 15.7. The highest BCUT2D eigenvalue weighted by Crippen LogP contribution is 2.48. The van der Waals surface area contributed by atoms with Crippen LogP contribution in [-0.4, -0.2) is 11.9 Å². The SMILES string of the molecule is O=C([O-])[C@@H]1C2CCC(CC2)[C@H]1C(=O)NCc1ccc(F)cc1. The molecule has 118 valence electrons. The Hall–Kier alpha value is -1.91. The highest BCUT2D eigenvalue weighted by atomic mass is 19.1. The van der Waals surface area contributed by atoms with Gasteiger partial charge in [0.1, 0.15) is 5.82 Å². The molecule has 1 amide bonds. The molecule has 22 heavy (non-hydrogen) atoms. The van der Waals surface area contributed by atoms with Crippen molar-refractivity contribution in [2.45, 2.75) is 32.2 Å². The molecule has 3 saturated carbocycles. The van der Waals surface area contributed by atoms with Crippen molar-refractivity contribution in [3.05, 3.63) is 35.6 Å². The Kier molecular flexibility index (Phi) is 4.14. The minimum Gasteiger partial charge on any atom is -0.550 e. The van der Waals surface area contributed by atoms with E-state index in [-0.39, 0.29) is 30.1 Å². The second-order valence-corrected chi connectivity index (χ2v) is 6.39. The maximum Gasteiger partial charge on any atom is 0.224 e. The van der Waals surface area contributed by atoms with Gasteiger partial charge in [0, 0.05) is 24.3 Å². The molecule has 5 heteroatoms. The Morgan fingerprint density at radius 2 is 1.59 bits per heavy atom. The molecule has 0 saturated heterocycles. The third-order valence-electron chi connectivity index (χ3n) is 5.17. The number of nitrogens with one attached hydrogen (secondary N) is 1. The van der Waals surface area contributed by atoms with Crippen LogP contribution >= 0.6 is 0 Å². The van der Waals surface area contributed by atoms with Gasteiger partial charge in [-0.25, -0.2) is 4.39 Å². The van der Waals surface area contributed by atoms with Gasteiger partial charge in [-0.15, -0.1) is 0 Å². The molecule has 3 fully saturated rings. The molecule has 2 atom stereocenters. The third-order valence-corrected chi connectivity index (χ3v) is 5.17. The fraction of sp³-hybridized carbons (Fsp3) is 0.529. The van der Waals surface area contributed by atoms with Crippen LogP contribution in [0, 0.1) is 29.5 Å². The summed E-state index contributed by atoms with van der Waals surface area (Å²) in [6.45, 7) is 0.284. The topological polar surface area (TPSA) is 69.2 Å². The molecule has 0 spiro atoms. The van der Waals surface area contributed by atoms with E-state index >= 15 is 0 Å². The number of carboxylic acids is 1. The summed E-state index contributed by atoms with van der Waals surface area (Å²) in [6.07, 6.45) is 3.60. The summed E-state index contributed by atoms with van der Waals surface area (Å²) in [7, 11) is 0. The van der Waals surface area contributed by atoms with Gasteiger partial charge in [-0.1, -0.05) is 12.1 Å². The Morgan fingerprint density at radius 3 is 2.14 bits per heavy atom. The summed E-state index contributed by atoms with van der Waals surface area (Å²) in [5.41, 5.74) is 0.792. The maximum atomic E-state index is 12.9. The Bertz CT molecular complexity index is 564. The van der Waals surface area contributed by atoms with Crippen LogP contribution in [0.3, 0.4) is 0 Å². The van der Waals surface area contributed by atoms with Crippen LogP contribution in [0.5, 0.6) is 0 Å². The zero-order valence-corrected chi connectivity index (χ0v) is 12.3. The predicted octanol–water partition coefficient (Wildman–Crippen LogP) is 1.24. The van der Waals surface area contributed by atoms with Crippen molar-refractivity contribution in [3.8, 4) is 0 Å². The normalized spacial score (nSPS) is 30.0. The first-order valence-corrected chi connectivity index (χ1v) is 7.79. The van der Waals surface area contributed by atoms with Gasteiger partial charge in [-0.05, 0) is 55.2 Å². The van der Waals surface area contributed by atoms with Crippen molar-refractivity contribution < 1.29 is 19.1 Å². The first kappa shape index (κ1) is 15.0. The van der Waals surface area contributed by atoms with Crippen molar-refractivity contribution in [3.63, 3.8) is 0 Å². The lowest BCUT2D eigenvalue weighted by molar-refractivity contribution is -0.318. The average Bonchev–Trinajstić information content (AvgIpc) is 2.54. The number of amides is 1. The molecule has 0 heterocycles. The van der Waals surface area contributed by atoms with Gasteiger partial charge in [0.15, 0.2) is 0 Å². The van der Waals surface area contributed by atoms with Crippen molar-refractivity contribution >= 4 is 11.9 Å². The standard InChI is InChI=1S/C17H20FNO3/c18-13-7-1-10(2-8-13)9-19-16(20)14-11-3-5-12(6-4-11)15(14)17(21)22/h1-2,7-8,11-12,14-15H,3-6,9H2,(H,19,20)(H,21,22)/p-1/t11?,12?,14-,15-/m1/s1. The molecule has 4 nitrogen and oxygen atoms in total. The van der Waals surface area contributed by atoms with E-state index in [1.165, 1.54) is 12.1 Å². The Labute approximate surface area is 128 Å². The number of carbonyl (C=O) groups excluding carboxylic acids is 2. The molecular formula is C17H19FNO3-. The van der Waals surface area contributed by atoms with Crippen LogP contribution in [0.25, 0.3) is 0 Å². The van der Waals surface area contributed by atoms with E-state index in [1.54, 1.807) is 12.1 Å². The first-order chi connectivity index (χ1) is 10.6. The van der Waals surface area contributed by atoms with Gasteiger partial charge in [0.2, 0.25) is 5.91 Å². The van der Waals surface area contributed by atoms with Crippen molar-refractivity contribution in [1.82, 2.24) is 5.32 Å². The number of fused-ring (bicyclic) bond motifs is 3. The van der Waals surface area contributed by atoms with Crippen molar-refractivity contribution in [2.24, 2.45) is 23.7 Å². The molecule has 3 aliphatic carbocycles. The third kappa shape index (κ3) is 2.85. The number of hydrogen-bond donors (Lipinski definition) is 1. The molecule has 3 aliphatic rings. The molecule has 4 rings (SSSR count). The summed E-state index contributed by atoms with van der Waals surface area (Å²) < 4.78 is 12.9. The molecule has 0 unspecified atom stereocenters. The van der Waals surface area contributed by atoms with Gasteiger partial charge in [-0.3, -0.25) is 4.79 Å². The zero-order valence-electron chi connectivity index (χ0n) is 12.3. The second kappa shape index (κ2) is 6.07. The number of halogens is 1. The number of rotatable bonds is 4. The molecule has 2 bridgehead atoms. The van der Waals surface area contributed by atoms with Crippen LogP contribution in [-0.2, 0) is 16.1 Å². The quantitative estimate of drug-likeness (QED) is 0.910. The summed E-state index contributed by atoms with van der Waals surface area (Å²) in [4.78, 5) is 23.9. The fourth-order valence-corrected chi connectivity index (χ4v) is 4.08. The number of hydrogen-bond acceptors (Lipinski definition) is 3. The lowest BCUT2D eigenvalue weighted by Crippen LogP contribution is -2.54. The minimum absolute atomic E-state index is 0.0663. The molecule has 1 aromatic rings. The van der Waals surface area contributed by atoms with Crippen LogP contribution in [0.1, 0.15) is 31.2 Å².